The number of nitrogens with zero attached hydrogens (tertiary/aromatic N) is 2. The fourth-order valence-corrected chi connectivity index (χ4v) is 2.05. The molecule has 1 aromatic heterocycles. The zero-order valence-corrected chi connectivity index (χ0v) is 13.3. The first kappa shape index (κ1) is 16.3. The van der Waals surface area contributed by atoms with Gasteiger partial charge in [0.25, 0.3) is 5.91 Å². The number of rotatable bonds is 7. The van der Waals surface area contributed by atoms with Crippen LogP contribution in [0.15, 0.2) is 30.5 Å². The summed E-state index contributed by atoms with van der Waals surface area (Å²) in [6.45, 7) is 3.04. The van der Waals surface area contributed by atoms with E-state index in [4.69, 9.17) is 21.1 Å². The molecule has 0 unspecified atom stereocenters. The van der Waals surface area contributed by atoms with E-state index in [1.807, 2.05) is 13.0 Å². The Morgan fingerprint density at radius 1 is 1.41 bits per heavy atom. The Morgan fingerprint density at radius 3 is 2.95 bits per heavy atom. The molecule has 2 aromatic rings. The fraction of sp³-hybridized carbons (Fsp3) is 0.333. The third-order valence-corrected chi connectivity index (χ3v) is 3.19. The van der Waals surface area contributed by atoms with Crippen molar-refractivity contribution in [1.82, 2.24) is 15.1 Å². The number of hydrogen-bond donors (Lipinski definition) is 1. The van der Waals surface area contributed by atoms with Crippen LogP contribution in [-0.2, 0) is 11.5 Å². The third-order valence-electron chi connectivity index (χ3n) is 2.95. The summed E-state index contributed by atoms with van der Waals surface area (Å²) in [7, 11) is 1.58. The Bertz CT molecular complexity index is 643. The van der Waals surface area contributed by atoms with Crippen LogP contribution in [0.25, 0.3) is 0 Å². The van der Waals surface area contributed by atoms with Crippen molar-refractivity contribution < 1.29 is 14.3 Å². The first-order valence-corrected chi connectivity index (χ1v) is 7.17. The van der Waals surface area contributed by atoms with Crippen LogP contribution in [0.2, 0.25) is 5.02 Å². The normalized spacial score (nSPS) is 10.5. The van der Waals surface area contributed by atoms with Crippen molar-refractivity contribution in [3.63, 3.8) is 0 Å². The van der Waals surface area contributed by atoms with Gasteiger partial charge in [-0.05, 0) is 36.8 Å². The second-order valence-corrected chi connectivity index (χ2v) is 5.11. The van der Waals surface area contributed by atoms with E-state index in [9.17, 15) is 4.79 Å². The van der Waals surface area contributed by atoms with Crippen LogP contribution in [-0.4, -0.2) is 35.9 Å². The van der Waals surface area contributed by atoms with E-state index in [0.29, 0.717) is 23.9 Å². The quantitative estimate of drug-likeness (QED) is 0.794. The van der Waals surface area contributed by atoms with Crippen molar-refractivity contribution in [1.29, 1.82) is 0 Å². The number of halogens is 1. The smallest absolute Gasteiger partial charge is 0.271 e. The summed E-state index contributed by atoms with van der Waals surface area (Å²) in [6.07, 6.45) is 1.69. The summed E-state index contributed by atoms with van der Waals surface area (Å²) in [5.41, 5.74) is 1.28. The summed E-state index contributed by atoms with van der Waals surface area (Å²) in [4.78, 5) is 11.8. The SMILES string of the molecule is COCCNC(=O)c1ccn(COc2ccc(Cl)cc2C)n1. The zero-order chi connectivity index (χ0) is 15.9. The molecule has 1 aromatic carbocycles. The van der Waals surface area contributed by atoms with Gasteiger partial charge in [0.15, 0.2) is 6.73 Å². The van der Waals surface area contributed by atoms with Gasteiger partial charge in [-0.15, -0.1) is 0 Å². The lowest BCUT2D eigenvalue weighted by Crippen LogP contribution is -2.27. The number of aromatic nitrogens is 2. The summed E-state index contributed by atoms with van der Waals surface area (Å²) < 4.78 is 12.1. The van der Waals surface area contributed by atoms with Crippen molar-refractivity contribution in [3.8, 4) is 5.75 Å². The van der Waals surface area contributed by atoms with Crippen molar-refractivity contribution in [3.05, 3.63) is 46.7 Å². The topological polar surface area (TPSA) is 65.4 Å². The molecular weight excluding hydrogens is 306 g/mol. The Kier molecular flexibility index (Phi) is 5.80. The van der Waals surface area contributed by atoms with E-state index in [0.717, 1.165) is 11.3 Å². The van der Waals surface area contributed by atoms with Crippen molar-refractivity contribution >= 4 is 17.5 Å². The molecule has 0 bridgehead atoms. The predicted octanol–water partition coefficient (Wildman–Crippen LogP) is 2.26. The molecule has 1 N–H and O–H groups in total. The Labute approximate surface area is 134 Å². The van der Waals surface area contributed by atoms with Gasteiger partial charge in [-0.1, -0.05) is 11.6 Å². The average Bonchev–Trinajstić information content (AvgIpc) is 2.95. The summed E-state index contributed by atoms with van der Waals surface area (Å²) in [5.74, 6) is 0.490. The molecule has 1 heterocycles. The molecular formula is C15H18ClN3O3. The van der Waals surface area contributed by atoms with Crippen LogP contribution < -0.4 is 10.1 Å². The van der Waals surface area contributed by atoms with Crippen molar-refractivity contribution in [2.45, 2.75) is 13.7 Å². The van der Waals surface area contributed by atoms with E-state index >= 15 is 0 Å². The highest BCUT2D eigenvalue weighted by molar-refractivity contribution is 6.30. The van der Waals surface area contributed by atoms with Gasteiger partial charge >= 0.3 is 0 Å². The van der Waals surface area contributed by atoms with Crippen molar-refractivity contribution in [2.75, 3.05) is 20.3 Å². The zero-order valence-electron chi connectivity index (χ0n) is 12.5. The van der Waals surface area contributed by atoms with E-state index in [1.54, 1.807) is 36.2 Å². The highest BCUT2D eigenvalue weighted by Gasteiger charge is 2.09. The van der Waals surface area contributed by atoms with Crippen LogP contribution in [0, 0.1) is 6.92 Å². The Morgan fingerprint density at radius 2 is 2.23 bits per heavy atom. The lowest BCUT2D eigenvalue weighted by molar-refractivity contribution is 0.0930. The van der Waals surface area contributed by atoms with Crippen LogP contribution >= 0.6 is 11.6 Å². The number of nitrogens with one attached hydrogen (secondary N) is 1. The second kappa shape index (κ2) is 7.82. The summed E-state index contributed by atoms with van der Waals surface area (Å²) >= 11 is 5.90. The highest BCUT2D eigenvalue weighted by atomic mass is 35.5. The number of carbonyl (C=O) groups excluding carboxylic acids is 1. The molecule has 1 amide bonds. The van der Waals surface area contributed by atoms with Gasteiger partial charge in [0, 0.05) is 24.9 Å². The van der Waals surface area contributed by atoms with E-state index in [2.05, 4.69) is 10.4 Å². The number of amides is 1. The number of benzene rings is 1. The first-order chi connectivity index (χ1) is 10.6. The number of hydrogen-bond acceptors (Lipinski definition) is 4. The number of ether oxygens (including phenoxy) is 2. The maximum absolute atomic E-state index is 11.8. The van der Waals surface area contributed by atoms with E-state index < -0.39 is 0 Å². The number of aryl methyl sites for hydroxylation is 1. The van der Waals surface area contributed by atoms with Gasteiger partial charge in [-0.25, -0.2) is 4.68 Å². The van der Waals surface area contributed by atoms with Gasteiger partial charge in [0.2, 0.25) is 0 Å². The molecule has 0 aliphatic heterocycles. The Hall–Kier alpha value is -2.05. The second-order valence-electron chi connectivity index (χ2n) is 4.67. The minimum atomic E-state index is -0.238. The molecule has 0 spiro atoms. The molecule has 0 aliphatic carbocycles. The molecule has 6 nitrogen and oxygen atoms in total. The average molecular weight is 324 g/mol. The largest absolute Gasteiger partial charge is 0.471 e. The molecule has 0 fully saturated rings. The van der Waals surface area contributed by atoms with Crippen molar-refractivity contribution in [2.24, 2.45) is 0 Å². The van der Waals surface area contributed by atoms with Crippen LogP contribution in [0.4, 0.5) is 0 Å². The minimum Gasteiger partial charge on any atom is -0.471 e. The maximum Gasteiger partial charge on any atom is 0.271 e. The number of methoxy groups -OCH3 is 1. The standard InChI is InChI=1S/C15H18ClN3O3/c1-11-9-12(16)3-4-14(11)22-10-19-7-5-13(18-19)15(20)17-6-8-21-2/h3-5,7,9H,6,8,10H2,1-2H3,(H,17,20). The molecule has 0 atom stereocenters. The van der Waals surface area contributed by atoms with Gasteiger partial charge in [-0.3, -0.25) is 4.79 Å². The molecule has 0 saturated heterocycles. The highest BCUT2D eigenvalue weighted by Crippen LogP contribution is 2.21. The van der Waals surface area contributed by atoms with Gasteiger partial charge in [0.05, 0.1) is 6.61 Å². The molecule has 2 rings (SSSR count). The van der Waals surface area contributed by atoms with Gasteiger partial charge in [0.1, 0.15) is 11.4 Å². The lowest BCUT2D eigenvalue weighted by Gasteiger charge is -2.09. The van der Waals surface area contributed by atoms with E-state index in [-0.39, 0.29) is 12.6 Å². The summed E-state index contributed by atoms with van der Waals surface area (Å²) in [6, 6.07) is 7.04. The van der Waals surface area contributed by atoms with E-state index in [1.165, 1.54) is 0 Å². The predicted molar refractivity (Wildman–Crippen MR) is 83.3 cm³/mol. The first-order valence-electron chi connectivity index (χ1n) is 6.79. The van der Waals surface area contributed by atoms with Crippen LogP contribution in [0.3, 0.4) is 0 Å². The molecule has 0 aliphatic rings. The van der Waals surface area contributed by atoms with Crippen LogP contribution in [0.1, 0.15) is 16.1 Å². The van der Waals surface area contributed by atoms with Gasteiger partial charge < -0.3 is 14.8 Å². The molecule has 0 radical (unpaired) electrons. The molecule has 0 saturated carbocycles. The Balaban J connectivity index is 1.90. The molecule has 118 valence electrons. The molecule has 22 heavy (non-hydrogen) atoms. The minimum absolute atomic E-state index is 0.216. The third kappa shape index (κ3) is 4.47. The monoisotopic (exact) mass is 323 g/mol. The van der Waals surface area contributed by atoms with Crippen LogP contribution in [0.5, 0.6) is 5.75 Å². The number of carbonyl (C=O) groups is 1. The fourth-order valence-electron chi connectivity index (χ4n) is 1.82. The lowest BCUT2D eigenvalue weighted by atomic mass is 10.2. The maximum atomic E-state index is 11.8. The van der Waals surface area contributed by atoms with Gasteiger partial charge in [-0.2, -0.15) is 5.10 Å². The summed E-state index contributed by atoms with van der Waals surface area (Å²) in [5, 5.41) is 7.54. The molecule has 7 heteroatoms.